The maximum absolute atomic E-state index is 12.6. The first-order chi connectivity index (χ1) is 12.6. The number of rotatable bonds is 7. The molecular weight excluding hydrogens is 348 g/mol. The number of nitrogens with zero attached hydrogens (tertiary/aromatic N) is 1. The lowest BCUT2D eigenvalue weighted by molar-refractivity contribution is -0.138. The van der Waals surface area contributed by atoms with Gasteiger partial charge in [0.2, 0.25) is 5.91 Å². The number of amides is 2. The van der Waals surface area contributed by atoms with Crippen LogP contribution in [-0.4, -0.2) is 42.7 Å². The fourth-order valence-electron chi connectivity index (χ4n) is 2.95. The number of ether oxygens (including phenoxy) is 1. The molecule has 2 aromatic carbocycles. The van der Waals surface area contributed by atoms with E-state index >= 15 is 0 Å². The van der Waals surface area contributed by atoms with Crippen LogP contribution in [0, 0.1) is 0 Å². The molecule has 26 heavy (non-hydrogen) atoms. The number of nitrogens with one attached hydrogen (secondary N) is 1. The summed E-state index contributed by atoms with van der Waals surface area (Å²) in [6.45, 7) is 0.396. The lowest BCUT2D eigenvalue weighted by Gasteiger charge is -2.16. The lowest BCUT2D eigenvalue weighted by atomic mass is 10.1. The van der Waals surface area contributed by atoms with Crippen LogP contribution in [0.4, 0.5) is 5.69 Å². The molecule has 1 aliphatic heterocycles. The van der Waals surface area contributed by atoms with Crippen LogP contribution in [0.3, 0.4) is 0 Å². The predicted molar refractivity (Wildman–Crippen MR) is 104 cm³/mol. The summed E-state index contributed by atoms with van der Waals surface area (Å²) in [4.78, 5) is 27.3. The second kappa shape index (κ2) is 8.27. The summed E-state index contributed by atoms with van der Waals surface area (Å²) in [7, 11) is 1.62. The summed E-state index contributed by atoms with van der Waals surface area (Å²) in [6, 6.07) is 15.0. The van der Waals surface area contributed by atoms with Crippen LogP contribution in [0.5, 0.6) is 5.75 Å². The Morgan fingerprint density at radius 3 is 2.42 bits per heavy atom. The molecule has 136 valence electrons. The molecule has 0 spiro atoms. The first-order valence-corrected chi connectivity index (χ1v) is 9.71. The van der Waals surface area contributed by atoms with Crippen molar-refractivity contribution in [2.24, 2.45) is 0 Å². The van der Waals surface area contributed by atoms with Crippen molar-refractivity contribution in [2.45, 2.75) is 23.8 Å². The van der Waals surface area contributed by atoms with E-state index in [1.165, 1.54) is 4.90 Å². The van der Waals surface area contributed by atoms with Gasteiger partial charge in [-0.25, -0.2) is 0 Å². The van der Waals surface area contributed by atoms with E-state index in [9.17, 15) is 9.59 Å². The van der Waals surface area contributed by atoms with Gasteiger partial charge in [0.25, 0.3) is 5.91 Å². The van der Waals surface area contributed by atoms with Gasteiger partial charge in [0.05, 0.1) is 13.5 Å². The van der Waals surface area contributed by atoms with Crippen LogP contribution in [0.25, 0.3) is 0 Å². The van der Waals surface area contributed by atoms with Gasteiger partial charge in [0.15, 0.2) is 0 Å². The molecule has 6 heteroatoms. The molecule has 0 saturated carbocycles. The number of imide groups is 1. The number of methoxy groups -OCH3 is 1. The van der Waals surface area contributed by atoms with Gasteiger partial charge in [-0.2, -0.15) is 0 Å². The smallest absolute Gasteiger partial charge is 0.252 e. The van der Waals surface area contributed by atoms with Crippen molar-refractivity contribution in [3.8, 4) is 5.75 Å². The average Bonchev–Trinajstić information content (AvgIpc) is 2.94. The summed E-state index contributed by atoms with van der Waals surface area (Å²) in [5, 5.41) is 3.18. The molecule has 0 bridgehead atoms. The van der Waals surface area contributed by atoms with Gasteiger partial charge in [-0.3, -0.25) is 14.5 Å². The molecule has 0 aromatic heterocycles. The van der Waals surface area contributed by atoms with Crippen LogP contribution in [0.15, 0.2) is 53.4 Å². The summed E-state index contributed by atoms with van der Waals surface area (Å²) >= 11 is 1.66. The third-order valence-corrected chi connectivity index (χ3v) is 5.20. The normalized spacial score (nSPS) is 16.8. The Morgan fingerprint density at radius 2 is 1.81 bits per heavy atom. The molecular formula is C20H22N2O3S. The third kappa shape index (κ3) is 4.19. The largest absolute Gasteiger partial charge is 0.497 e. The minimum absolute atomic E-state index is 0.123. The Bertz CT molecular complexity index is 775. The third-order valence-electron chi connectivity index (χ3n) is 4.46. The SMILES string of the molecule is COc1ccc(CCN2C(=O)C[C@@H](Nc3ccc(SC)cc3)C2=O)cc1. The fraction of sp³-hybridized carbons (Fsp3) is 0.300. The first-order valence-electron chi connectivity index (χ1n) is 8.48. The summed E-state index contributed by atoms with van der Waals surface area (Å²) in [6.07, 6.45) is 2.85. The van der Waals surface area contributed by atoms with E-state index in [0.717, 1.165) is 21.9 Å². The zero-order chi connectivity index (χ0) is 18.5. The van der Waals surface area contributed by atoms with Gasteiger partial charge in [-0.05, 0) is 54.6 Å². The summed E-state index contributed by atoms with van der Waals surface area (Å²) in [5.41, 5.74) is 1.92. The molecule has 0 unspecified atom stereocenters. The number of hydrogen-bond acceptors (Lipinski definition) is 5. The van der Waals surface area contributed by atoms with Gasteiger partial charge in [0.1, 0.15) is 11.8 Å². The number of benzene rings is 2. The van der Waals surface area contributed by atoms with Crippen molar-refractivity contribution in [1.82, 2.24) is 4.90 Å². The van der Waals surface area contributed by atoms with Crippen molar-refractivity contribution >= 4 is 29.3 Å². The highest BCUT2D eigenvalue weighted by molar-refractivity contribution is 7.98. The molecule has 1 fully saturated rings. The molecule has 1 atom stereocenters. The van der Waals surface area contributed by atoms with E-state index in [0.29, 0.717) is 13.0 Å². The Labute approximate surface area is 157 Å². The number of carbonyl (C=O) groups is 2. The number of hydrogen-bond donors (Lipinski definition) is 1. The van der Waals surface area contributed by atoms with Crippen LogP contribution in [0.2, 0.25) is 0 Å². The predicted octanol–water partition coefficient (Wildman–Crippen LogP) is 3.20. The van der Waals surface area contributed by atoms with Crippen LogP contribution in [-0.2, 0) is 16.0 Å². The van der Waals surface area contributed by atoms with Crippen molar-refractivity contribution in [2.75, 3.05) is 25.2 Å². The van der Waals surface area contributed by atoms with Crippen molar-refractivity contribution < 1.29 is 14.3 Å². The fourth-order valence-corrected chi connectivity index (χ4v) is 3.36. The van der Waals surface area contributed by atoms with Crippen molar-refractivity contribution in [3.05, 3.63) is 54.1 Å². The maximum atomic E-state index is 12.6. The number of likely N-dealkylation sites (tertiary alicyclic amines) is 1. The number of thioether (sulfide) groups is 1. The topological polar surface area (TPSA) is 58.6 Å². The van der Waals surface area contributed by atoms with E-state index in [2.05, 4.69) is 5.32 Å². The van der Waals surface area contributed by atoms with Gasteiger partial charge < -0.3 is 10.1 Å². The Balaban J connectivity index is 1.58. The van der Waals surface area contributed by atoms with Crippen molar-refractivity contribution in [1.29, 1.82) is 0 Å². The van der Waals surface area contributed by atoms with Crippen LogP contribution >= 0.6 is 11.8 Å². The Kier molecular flexibility index (Phi) is 5.83. The molecule has 2 amide bonds. The highest BCUT2D eigenvalue weighted by atomic mass is 32.2. The van der Waals surface area contributed by atoms with Crippen molar-refractivity contribution in [3.63, 3.8) is 0 Å². The van der Waals surface area contributed by atoms with E-state index in [1.807, 2.05) is 54.8 Å². The van der Waals surface area contributed by atoms with E-state index in [-0.39, 0.29) is 18.2 Å². The van der Waals surface area contributed by atoms with Gasteiger partial charge in [0, 0.05) is 17.1 Å². The summed E-state index contributed by atoms with van der Waals surface area (Å²) < 4.78 is 5.14. The zero-order valence-corrected chi connectivity index (χ0v) is 15.7. The second-order valence-corrected chi connectivity index (χ2v) is 6.99. The maximum Gasteiger partial charge on any atom is 0.252 e. The molecule has 1 aliphatic rings. The second-order valence-electron chi connectivity index (χ2n) is 6.11. The van der Waals surface area contributed by atoms with E-state index < -0.39 is 6.04 Å². The Morgan fingerprint density at radius 1 is 1.12 bits per heavy atom. The minimum atomic E-state index is -0.488. The average molecular weight is 370 g/mol. The summed E-state index contributed by atoms with van der Waals surface area (Å²) in [5.74, 6) is 0.512. The minimum Gasteiger partial charge on any atom is -0.497 e. The highest BCUT2D eigenvalue weighted by Gasteiger charge is 2.38. The molecule has 1 N–H and O–H groups in total. The molecule has 2 aromatic rings. The highest BCUT2D eigenvalue weighted by Crippen LogP contribution is 2.22. The molecule has 0 aliphatic carbocycles. The standard InChI is InChI=1S/C20H22N2O3S/c1-25-16-7-3-14(4-8-16)11-12-22-19(23)13-18(20(22)24)21-15-5-9-17(26-2)10-6-15/h3-10,18,21H,11-13H2,1-2H3/t18-/m1/s1. The van der Waals surface area contributed by atoms with Gasteiger partial charge >= 0.3 is 0 Å². The first kappa shape index (κ1) is 18.3. The molecule has 1 heterocycles. The number of anilines is 1. The van der Waals surface area contributed by atoms with E-state index in [1.54, 1.807) is 18.9 Å². The molecule has 1 saturated heterocycles. The monoisotopic (exact) mass is 370 g/mol. The van der Waals surface area contributed by atoms with Gasteiger partial charge in [-0.1, -0.05) is 12.1 Å². The van der Waals surface area contributed by atoms with Crippen LogP contribution in [0.1, 0.15) is 12.0 Å². The molecule has 0 radical (unpaired) electrons. The molecule has 3 rings (SSSR count). The van der Waals surface area contributed by atoms with E-state index in [4.69, 9.17) is 4.74 Å². The van der Waals surface area contributed by atoms with Gasteiger partial charge in [-0.15, -0.1) is 11.8 Å². The molecule has 5 nitrogen and oxygen atoms in total. The lowest BCUT2D eigenvalue weighted by Crippen LogP contribution is -2.36. The number of carbonyl (C=O) groups excluding carboxylic acids is 2. The Hall–Kier alpha value is -2.47. The zero-order valence-electron chi connectivity index (χ0n) is 14.9. The quantitative estimate of drug-likeness (QED) is 0.599. The van der Waals surface area contributed by atoms with Crippen LogP contribution < -0.4 is 10.1 Å².